The first-order valence-corrected chi connectivity index (χ1v) is 7.17. The molecule has 0 fully saturated rings. The van der Waals surface area contributed by atoms with E-state index >= 15 is 0 Å². The van der Waals surface area contributed by atoms with Crippen LogP contribution in [0.2, 0.25) is 0 Å². The van der Waals surface area contributed by atoms with Crippen LogP contribution in [0, 0.1) is 13.8 Å². The van der Waals surface area contributed by atoms with E-state index < -0.39 is 6.10 Å². The third kappa shape index (κ3) is 6.89. The van der Waals surface area contributed by atoms with Gasteiger partial charge in [0, 0.05) is 12.6 Å². The van der Waals surface area contributed by atoms with Crippen molar-refractivity contribution in [2.75, 3.05) is 13.2 Å². The molecule has 0 saturated heterocycles. The topological polar surface area (TPSA) is 61.7 Å². The molecular formula is C16H27NO3. The molecule has 4 heteroatoms. The lowest BCUT2D eigenvalue weighted by molar-refractivity contribution is 0.100. The van der Waals surface area contributed by atoms with Crippen molar-refractivity contribution >= 4 is 0 Å². The van der Waals surface area contributed by atoms with Crippen LogP contribution >= 0.6 is 0 Å². The van der Waals surface area contributed by atoms with Crippen molar-refractivity contribution in [3.05, 3.63) is 29.3 Å². The molecule has 1 aromatic carbocycles. The number of rotatable bonds is 8. The van der Waals surface area contributed by atoms with Crippen LogP contribution in [0.25, 0.3) is 0 Å². The average molecular weight is 281 g/mol. The molecule has 0 bridgehead atoms. The van der Waals surface area contributed by atoms with Gasteiger partial charge >= 0.3 is 0 Å². The molecule has 0 spiro atoms. The van der Waals surface area contributed by atoms with Gasteiger partial charge in [-0.25, -0.2) is 0 Å². The molecule has 0 aliphatic rings. The summed E-state index contributed by atoms with van der Waals surface area (Å²) in [6.07, 6.45) is -0.224. The van der Waals surface area contributed by atoms with Gasteiger partial charge in [-0.3, -0.25) is 0 Å². The second-order valence-corrected chi connectivity index (χ2v) is 5.68. The Hall–Kier alpha value is -1.10. The fourth-order valence-electron chi connectivity index (χ4n) is 2.20. The Bertz CT molecular complexity index is 386. The van der Waals surface area contributed by atoms with Gasteiger partial charge in [-0.1, -0.05) is 6.07 Å². The second-order valence-electron chi connectivity index (χ2n) is 5.68. The summed E-state index contributed by atoms with van der Waals surface area (Å²) in [5.74, 6) is 0.790. The minimum atomic E-state index is -0.563. The van der Waals surface area contributed by atoms with E-state index in [0.717, 1.165) is 16.9 Å². The normalized spacial score (nSPS) is 15.7. The van der Waals surface area contributed by atoms with Crippen LogP contribution in [-0.2, 0) is 0 Å². The van der Waals surface area contributed by atoms with Crippen LogP contribution < -0.4 is 10.1 Å². The van der Waals surface area contributed by atoms with Crippen LogP contribution in [0.4, 0.5) is 0 Å². The van der Waals surface area contributed by atoms with Crippen molar-refractivity contribution in [1.82, 2.24) is 5.32 Å². The highest BCUT2D eigenvalue weighted by Crippen LogP contribution is 2.16. The molecule has 3 atom stereocenters. The van der Waals surface area contributed by atoms with Gasteiger partial charge in [0.15, 0.2) is 0 Å². The molecule has 3 N–H and O–H groups in total. The minimum absolute atomic E-state index is 0.172. The van der Waals surface area contributed by atoms with Gasteiger partial charge < -0.3 is 20.3 Å². The van der Waals surface area contributed by atoms with Gasteiger partial charge in [-0.2, -0.15) is 0 Å². The van der Waals surface area contributed by atoms with Crippen molar-refractivity contribution in [3.8, 4) is 5.75 Å². The van der Waals surface area contributed by atoms with E-state index in [1.54, 1.807) is 6.92 Å². The largest absolute Gasteiger partial charge is 0.491 e. The average Bonchev–Trinajstić information content (AvgIpc) is 2.32. The van der Waals surface area contributed by atoms with Crippen molar-refractivity contribution in [3.63, 3.8) is 0 Å². The van der Waals surface area contributed by atoms with E-state index in [2.05, 4.69) is 11.4 Å². The maximum atomic E-state index is 9.88. The Balaban J connectivity index is 2.30. The van der Waals surface area contributed by atoms with E-state index in [1.165, 1.54) is 0 Å². The van der Waals surface area contributed by atoms with Crippen LogP contribution in [0.15, 0.2) is 18.2 Å². The van der Waals surface area contributed by atoms with Gasteiger partial charge in [0.25, 0.3) is 0 Å². The number of aliphatic hydroxyl groups excluding tert-OH is 2. The number of nitrogens with one attached hydrogen (secondary N) is 1. The molecule has 4 nitrogen and oxygen atoms in total. The highest BCUT2D eigenvalue weighted by atomic mass is 16.5. The molecule has 1 aromatic rings. The zero-order valence-corrected chi connectivity index (χ0v) is 12.9. The zero-order chi connectivity index (χ0) is 15.1. The standard InChI is InChI=1S/C16H27NO3/c1-11-5-12(2)7-16(6-11)20-10-15(19)9-17-13(3)8-14(4)18/h5-7,13-15,17-19H,8-10H2,1-4H3. The van der Waals surface area contributed by atoms with E-state index in [1.807, 2.05) is 32.9 Å². The molecule has 0 amide bonds. The fourth-order valence-corrected chi connectivity index (χ4v) is 2.20. The lowest BCUT2D eigenvalue weighted by atomic mass is 10.1. The molecule has 20 heavy (non-hydrogen) atoms. The van der Waals surface area contributed by atoms with Gasteiger partial charge in [0.2, 0.25) is 0 Å². The Morgan fingerprint density at radius 1 is 1.10 bits per heavy atom. The summed E-state index contributed by atoms with van der Waals surface area (Å²) in [6.45, 7) is 8.52. The molecule has 0 aromatic heterocycles. The van der Waals surface area contributed by atoms with Crippen molar-refractivity contribution in [1.29, 1.82) is 0 Å². The molecule has 0 heterocycles. The first-order valence-electron chi connectivity index (χ1n) is 7.17. The van der Waals surface area contributed by atoms with Crippen LogP contribution in [0.5, 0.6) is 5.75 Å². The Morgan fingerprint density at radius 2 is 1.70 bits per heavy atom. The number of benzene rings is 1. The number of hydrogen-bond acceptors (Lipinski definition) is 4. The predicted molar refractivity (Wildman–Crippen MR) is 81.2 cm³/mol. The SMILES string of the molecule is Cc1cc(C)cc(OCC(O)CNC(C)CC(C)O)c1. The highest BCUT2D eigenvalue weighted by Gasteiger charge is 2.10. The number of aryl methyl sites for hydroxylation is 2. The molecule has 0 radical (unpaired) electrons. The molecule has 1 rings (SSSR count). The molecule has 0 saturated carbocycles. The van der Waals surface area contributed by atoms with Gasteiger partial charge in [-0.15, -0.1) is 0 Å². The molecule has 3 unspecified atom stereocenters. The lowest BCUT2D eigenvalue weighted by Crippen LogP contribution is -2.37. The quantitative estimate of drug-likeness (QED) is 0.680. The van der Waals surface area contributed by atoms with E-state index in [0.29, 0.717) is 13.0 Å². The van der Waals surface area contributed by atoms with Crippen LogP contribution in [0.1, 0.15) is 31.4 Å². The summed E-state index contributed by atoms with van der Waals surface area (Å²) in [4.78, 5) is 0. The first kappa shape index (κ1) is 17.0. The summed E-state index contributed by atoms with van der Waals surface area (Å²) < 4.78 is 5.60. The Morgan fingerprint density at radius 3 is 2.25 bits per heavy atom. The zero-order valence-electron chi connectivity index (χ0n) is 12.9. The number of ether oxygens (including phenoxy) is 1. The molecule has 114 valence electrons. The van der Waals surface area contributed by atoms with Crippen molar-refractivity contribution < 1.29 is 14.9 Å². The van der Waals surface area contributed by atoms with E-state index in [4.69, 9.17) is 4.74 Å². The third-order valence-electron chi connectivity index (χ3n) is 3.03. The van der Waals surface area contributed by atoms with Gasteiger partial charge in [0.1, 0.15) is 18.5 Å². The minimum Gasteiger partial charge on any atom is -0.491 e. The summed E-state index contributed by atoms with van der Waals surface area (Å²) in [5, 5.41) is 22.3. The molecule has 0 aliphatic carbocycles. The summed E-state index contributed by atoms with van der Waals surface area (Å²) in [6, 6.07) is 6.18. The third-order valence-corrected chi connectivity index (χ3v) is 3.03. The second kappa shape index (κ2) is 8.25. The first-order chi connectivity index (χ1) is 9.36. The summed E-state index contributed by atoms with van der Waals surface area (Å²) in [5.41, 5.74) is 2.30. The van der Waals surface area contributed by atoms with Crippen molar-refractivity contribution in [2.45, 2.75) is 52.4 Å². The Labute approximate surface area is 121 Å². The van der Waals surface area contributed by atoms with Crippen LogP contribution in [-0.4, -0.2) is 41.6 Å². The predicted octanol–water partition coefficient (Wildman–Crippen LogP) is 1.79. The highest BCUT2D eigenvalue weighted by molar-refractivity contribution is 5.32. The smallest absolute Gasteiger partial charge is 0.119 e. The molecular weight excluding hydrogens is 254 g/mol. The monoisotopic (exact) mass is 281 g/mol. The Kier molecular flexibility index (Phi) is 6.99. The maximum absolute atomic E-state index is 9.88. The van der Waals surface area contributed by atoms with Crippen molar-refractivity contribution in [2.24, 2.45) is 0 Å². The van der Waals surface area contributed by atoms with E-state index in [-0.39, 0.29) is 18.8 Å². The number of hydrogen-bond donors (Lipinski definition) is 3. The van der Waals surface area contributed by atoms with Crippen LogP contribution in [0.3, 0.4) is 0 Å². The van der Waals surface area contributed by atoms with E-state index in [9.17, 15) is 10.2 Å². The molecule has 0 aliphatic heterocycles. The van der Waals surface area contributed by atoms with Gasteiger partial charge in [-0.05, 0) is 57.4 Å². The van der Waals surface area contributed by atoms with Gasteiger partial charge in [0.05, 0.1) is 6.10 Å². The maximum Gasteiger partial charge on any atom is 0.119 e. The number of aliphatic hydroxyl groups is 2. The fraction of sp³-hybridized carbons (Fsp3) is 0.625. The summed E-state index contributed by atoms with van der Waals surface area (Å²) >= 11 is 0. The summed E-state index contributed by atoms with van der Waals surface area (Å²) in [7, 11) is 0. The lowest BCUT2D eigenvalue weighted by Gasteiger charge is -2.18.